The first-order chi connectivity index (χ1) is 6.15. The first-order valence-corrected chi connectivity index (χ1v) is 4.56. The molecule has 0 saturated carbocycles. The van der Waals surface area contributed by atoms with E-state index in [1.807, 2.05) is 6.07 Å². The normalized spacial score (nSPS) is 9.31. The van der Waals surface area contributed by atoms with Crippen LogP contribution in [0.5, 0.6) is 5.75 Å². The van der Waals surface area contributed by atoms with Gasteiger partial charge in [-0.1, -0.05) is 27.5 Å². The number of halogens is 2. The summed E-state index contributed by atoms with van der Waals surface area (Å²) in [6.45, 7) is -0.0639. The number of hydrogen-bond acceptors (Lipinski definition) is 3. The maximum absolute atomic E-state index is 8.30. The summed E-state index contributed by atoms with van der Waals surface area (Å²) in [6.07, 6.45) is 0. The molecule has 0 bridgehead atoms. The molecule has 0 aromatic heterocycles. The number of anilines is 1. The Hall–Kier alpha value is -0.920. The summed E-state index contributed by atoms with van der Waals surface area (Å²) in [4.78, 5) is 0. The number of hydrogen-bond donors (Lipinski definition) is 1. The second-order valence-corrected chi connectivity index (χ2v) is 3.58. The largest absolute Gasteiger partial charge is 0.475 e. The fraction of sp³-hybridized carbons (Fsp3) is 0.125. The summed E-state index contributed by atoms with van der Waals surface area (Å²) in [5.74, 6) is 0.353. The molecule has 0 heterocycles. The quantitative estimate of drug-likeness (QED) is 0.833. The van der Waals surface area contributed by atoms with Crippen LogP contribution in [-0.2, 0) is 0 Å². The van der Waals surface area contributed by atoms with Gasteiger partial charge in [0.05, 0.1) is 10.7 Å². The van der Waals surface area contributed by atoms with E-state index < -0.39 is 0 Å². The predicted molar refractivity (Wildman–Crippen MR) is 54.7 cm³/mol. The molecule has 0 spiro atoms. The monoisotopic (exact) mass is 260 g/mol. The lowest BCUT2D eigenvalue weighted by Crippen LogP contribution is -1.98. The Morgan fingerprint density at radius 2 is 2.31 bits per heavy atom. The molecule has 0 saturated heterocycles. The molecule has 1 rings (SSSR count). The Morgan fingerprint density at radius 3 is 2.85 bits per heavy atom. The third-order valence-electron chi connectivity index (χ3n) is 1.32. The SMILES string of the molecule is N#CCOc1c(N)cc(Br)cc1Cl. The van der Waals surface area contributed by atoms with Crippen molar-refractivity contribution >= 4 is 33.2 Å². The summed E-state index contributed by atoms with van der Waals surface area (Å²) in [7, 11) is 0. The minimum Gasteiger partial charge on any atom is -0.475 e. The van der Waals surface area contributed by atoms with Crippen LogP contribution >= 0.6 is 27.5 Å². The van der Waals surface area contributed by atoms with Gasteiger partial charge in [0.15, 0.2) is 12.4 Å². The van der Waals surface area contributed by atoms with Gasteiger partial charge in [0, 0.05) is 4.47 Å². The van der Waals surface area contributed by atoms with Crippen LogP contribution < -0.4 is 10.5 Å². The van der Waals surface area contributed by atoms with E-state index in [0.29, 0.717) is 16.5 Å². The van der Waals surface area contributed by atoms with Crippen molar-refractivity contribution in [3.05, 3.63) is 21.6 Å². The molecule has 0 fully saturated rings. The Morgan fingerprint density at radius 1 is 1.62 bits per heavy atom. The van der Waals surface area contributed by atoms with Gasteiger partial charge < -0.3 is 10.5 Å². The second kappa shape index (κ2) is 4.35. The number of ether oxygens (including phenoxy) is 1. The minimum atomic E-state index is -0.0639. The van der Waals surface area contributed by atoms with E-state index in [2.05, 4.69) is 15.9 Å². The van der Waals surface area contributed by atoms with Gasteiger partial charge in [-0.3, -0.25) is 0 Å². The zero-order valence-corrected chi connectivity index (χ0v) is 8.89. The van der Waals surface area contributed by atoms with Gasteiger partial charge in [-0.25, -0.2) is 0 Å². The predicted octanol–water partition coefficient (Wildman–Crippen LogP) is 2.59. The molecular formula is C8H6BrClN2O. The molecule has 0 atom stereocenters. The highest BCUT2D eigenvalue weighted by atomic mass is 79.9. The number of benzene rings is 1. The van der Waals surface area contributed by atoms with Crippen molar-refractivity contribution in [1.82, 2.24) is 0 Å². The fourth-order valence-electron chi connectivity index (χ4n) is 0.837. The van der Waals surface area contributed by atoms with E-state index in [4.69, 9.17) is 27.3 Å². The topological polar surface area (TPSA) is 59.0 Å². The Kier molecular flexibility index (Phi) is 3.40. The second-order valence-electron chi connectivity index (χ2n) is 2.25. The highest BCUT2D eigenvalue weighted by Gasteiger charge is 2.07. The lowest BCUT2D eigenvalue weighted by molar-refractivity contribution is 0.370. The van der Waals surface area contributed by atoms with Gasteiger partial charge >= 0.3 is 0 Å². The van der Waals surface area contributed by atoms with Gasteiger partial charge in [-0.05, 0) is 12.1 Å². The van der Waals surface area contributed by atoms with E-state index in [1.54, 1.807) is 12.1 Å². The van der Waals surface area contributed by atoms with Crippen molar-refractivity contribution in [2.75, 3.05) is 12.3 Å². The van der Waals surface area contributed by atoms with Crippen LogP contribution in [0.1, 0.15) is 0 Å². The molecule has 1 aromatic rings. The molecule has 68 valence electrons. The van der Waals surface area contributed by atoms with Crippen molar-refractivity contribution in [1.29, 1.82) is 5.26 Å². The molecule has 1 aromatic carbocycles. The summed E-state index contributed by atoms with van der Waals surface area (Å²) in [6, 6.07) is 5.16. The lowest BCUT2D eigenvalue weighted by atomic mass is 10.3. The number of nitriles is 1. The van der Waals surface area contributed by atoms with Crippen molar-refractivity contribution in [3.63, 3.8) is 0 Å². The number of nitrogen functional groups attached to an aromatic ring is 1. The average molecular weight is 262 g/mol. The summed E-state index contributed by atoms with van der Waals surface area (Å²) in [5.41, 5.74) is 6.03. The molecule has 0 aliphatic heterocycles. The zero-order chi connectivity index (χ0) is 9.84. The Labute approximate surface area is 89.2 Å². The van der Waals surface area contributed by atoms with E-state index in [0.717, 1.165) is 4.47 Å². The summed E-state index contributed by atoms with van der Waals surface area (Å²) in [5, 5.41) is 8.69. The molecule has 13 heavy (non-hydrogen) atoms. The maximum atomic E-state index is 8.30. The first kappa shape index (κ1) is 10.2. The maximum Gasteiger partial charge on any atom is 0.174 e. The highest BCUT2D eigenvalue weighted by molar-refractivity contribution is 9.10. The van der Waals surface area contributed by atoms with Crippen LogP contribution in [0.25, 0.3) is 0 Å². The van der Waals surface area contributed by atoms with Crippen LogP contribution in [0.15, 0.2) is 16.6 Å². The van der Waals surface area contributed by atoms with Crippen LogP contribution in [0, 0.1) is 11.3 Å². The molecular weight excluding hydrogens is 255 g/mol. The molecule has 0 aliphatic carbocycles. The molecule has 3 nitrogen and oxygen atoms in total. The van der Waals surface area contributed by atoms with Gasteiger partial charge in [-0.2, -0.15) is 5.26 Å². The molecule has 0 amide bonds. The molecule has 2 N–H and O–H groups in total. The third-order valence-corrected chi connectivity index (χ3v) is 2.06. The van der Waals surface area contributed by atoms with E-state index in [1.165, 1.54) is 0 Å². The van der Waals surface area contributed by atoms with E-state index in [9.17, 15) is 0 Å². The van der Waals surface area contributed by atoms with Gasteiger partial charge in [-0.15, -0.1) is 0 Å². The minimum absolute atomic E-state index is 0.0639. The zero-order valence-electron chi connectivity index (χ0n) is 6.55. The van der Waals surface area contributed by atoms with Gasteiger partial charge in [0.2, 0.25) is 0 Å². The number of nitrogens with zero attached hydrogens (tertiary/aromatic N) is 1. The van der Waals surface area contributed by atoms with Gasteiger partial charge in [0.1, 0.15) is 6.07 Å². The Balaban J connectivity index is 3.00. The number of nitrogens with two attached hydrogens (primary N) is 1. The molecule has 0 unspecified atom stereocenters. The highest BCUT2D eigenvalue weighted by Crippen LogP contribution is 2.34. The van der Waals surface area contributed by atoms with Crippen molar-refractivity contribution in [2.45, 2.75) is 0 Å². The van der Waals surface area contributed by atoms with Crippen LogP contribution in [0.3, 0.4) is 0 Å². The van der Waals surface area contributed by atoms with Gasteiger partial charge in [0.25, 0.3) is 0 Å². The fourth-order valence-corrected chi connectivity index (χ4v) is 1.73. The molecule has 0 aliphatic rings. The van der Waals surface area contributed by atoms with E-state index >= 15 is 0 Å². The third kappa shape index (κ3) is 2.51. The first-order valence-electron chi connectivity index (χ1n) is 3.39. The number of rotatable bonds is 2. The average Bonchev–Trinajstić information content (AvgIpc) is 2.02. The summed E-state index contributed by atoms with van der Waals surface area (Å²) < 4.78 is 5.81. The smallest absolute Gasteiger partial charge is 0.174 e. The van der Waals surface area contributed by atoms with Crippen molar-refractivity contribution in [2.24, 2.45) is 0 Å². The van der Waals surface area contributed by atoms with E-state index in [-0.39, 0.29) is 6.61 Å². The molecule has 0 radical (unpaired) electrons. The van der Waals surface area contributed by atoms with Crippen LogP contribution in [0.4, 0.5) is 5.69 Å². The Bertz CT molecular complexity index is 339. The standard InChI is InChI=1S/C8H6BrClN2O/c9-5-3-6(10)8(7(12)4-5)13-2-1-11/h3-4H,2,12H2. The summed E-state index contributed by atoms with van der Waals surface area (Å²) >= 11 is 9.06. The van der Waals surface area contributed by atoms with Crippen LogP contribution in [0.2, 0.25) is 5.02 Å². The van der Waals surface area contributed by atoms with Crippen molar-refractivity contribution < 1.29 is 4.74 Å². The van der Waals surface area contributed by atoms with Crippen LogP contribution in [-0.4, -0.2) is 6.61 Å². The lowest BCUT2D eigenvalue weighted by Gasteiger charge is -2.07. The van der Waals surface area contributed by atoms with Crippen molar-refractivity contribution in [3.8, 4) is 11.8 Å². The molecule has 5 heteroatoms.